The van der Waals surface area contributed by atoms with Gasteiger partial charge in [-0.15, -0.1) is 11.3 Å². The first-order valence-electron chi connectivity index (χ1n) is 4.76. The zero-order valence-electron chi connectivity index (χ0n) is 8.26. The summed E-state index contributed by atoms with van der Waals surface area (Å²) in [6.45, 7) is 4.23. The molecule has 0 bridgehead atoms. The fraction of sp³-hybridized carbons (Fsp3) is 0.400. The largest absolute Gasteiger partial charge is 0.334 e. The summed E-state index contributed by atoms with van der Waals surface area (Å²) < 4.78 is 0.822. The van der Waals surface area contributed by atoms with Gasteiger partial charge in [-0.25, -0.2) is 4.98 Å². The summed E-state index contributed by atoms with van der Waals surface area (Å²) in [5.74, 6) is 0.979. The maximum atomic E-state index is 5.28. The van der Waals surface area contributed by atoms with Gasteiger partial charge in [0.15, 0.2) is 0 Å². The molecular weight excluding hydrogens is 212 g/mol. The quantitative estimate of drug-likeness (QED) is 0.791. The third kappa shape index (κ3) is 1.60. The molecule has 0 radical (unpaired) electrons. The van der Waals surface area contributed by atoms with Gasteiger partial charge >= 0.3 is 0 Å². The van der Waals surface area contributed by atoms with E-state index in [-0.39, 0.29) is 0 Å². The number of H-pyrrole nitrogens is 1. The Morgan fingerprint density at radius 3 is 2.86 bits per heavy atom. The normalized spacial score (nSPS) is 11.0. The van der Waals surface area contributed by atoms with E-state index in [4.69, 9.17) is 12.2 Å². The number of nitrogens with zero attached hydrogens (tertiary/aromatic N) is 1. The van der Waals surface area contributed by atoms with Crippen LogP contribution in [0, 0.1) is 4.64 Å². The second kappa shape index (κ2) is 3.79. The highest BCUT2D eigenvalue weighted by molar-refractivity contribution is 7.71. The van der Waals surface area contributed by atoms with Gasteiger partial charge in [-0.3, -0.25) is 0 Å². The van der Waals surface area contributed by atoms with Crippen molar-refractivity contribution in [2.24, 2.45) is 0 Å². The van der Waals surface area contributed by atoms with Crippen LogP contribution in [-0.2, 0) is 12.8 Å². The Bertz CT molecular complexity index is 510. The number of nitrogens with one attached hydrogen (secondary N) is 1. The zero-order valence-corrected chi connectivity index (χ0v) is 9.89. The average Bonchev–Trinajstić information content (AvgIpc) is 2.61. The van der Waals surface area contributed by atoms with Gasteiger partial charge < -0.3 is 4.98 Å². The van der Waals surface area contributed by atoms with Crippen molar-refractivity contribution in [1.29, 1.82) is 0 Å². The maximum Gasteiger partial charge on any atom is 0.128 e. The van der Waals surface area contributed by atoms with E-state index < -0.39 is 0 Å². The summed E-state index contributed by atoms with van der Waals surface area (Å²) in [6, 6.07) is 2.14. The molecule has 2 aromatic heterocycles. The third-order valence-corrected chi connectivity index (χ3v) is 3.68. The van der Waals surface area contributed by atoms with Crippen LogP contribution < -0.4 is 0 Å². The molecule has 0 spiro atoms. The van der Waals surface area contributed by atoms with Crippen molar-refractivity contribution in [1.82, 2.24) is 9.97 Å². The predicted molar refractivity (Wildman–Crippen MR) is 63.6 cm³/mol. The van der Waals surface area contributed by atoms with Crippen LogP contribution in [0.3, 0.4) is 0 Å². The van der Waals surface area contributed by atoms with Gasteiger partial charge in [0.05, 0.1) is 0 Å². The highest BCUT2D eigenvalue weighted by atomic mass is 32.1. The Labute approximate surface area is 92.0 Å². The lowest BCUT2D eigenvalue weighted by Crippen LogP contribution is -1.91. The first-order chi connectivity index (χ1) is 6.74. The van der Waals surface area contributed by atoms with Crippen molar-refractivity contribution in [3.05, 3.63) is 21.4 Å². The van der Waals surface area contributed by atoms with E-state index >= 15 is 0 Å². The molecule has 14 heavy (non-hydrogen) atoms. The van der Waals surface area contributed by atoms with Crippen molar-refractivity contribution >= 4 is 33.8 Å². The highest BCUT2D eigenvalue weighted by Crippen LogP contribution is 2.24. The molecule has 0 aliphatic carbocycles. The van der Waals surface area contributed by atoms with Crippen LogP contribution in [0.2, 0.25) is 0 Å². The molecule has 4 heteroatoms. The summed E-state index contributed by atoms with van der Waals surface area (Å²) in [6.07, 6.45) is 1.95. The molecule has 0 unspecified atom stereocenters. The van der Waals surface area contributed by atoms with Gasteiger partial charge in [0, 0.05) is 16.7 Å². The summed E-state index contributed by atoms with van der Waals surface area (Å²) in [5, 5.41) is 1.10. The lowest BCUT2D eigenvalue weighted by Gasteiger charge is -1.95. The zero-order chi connectivity index (χ0) is 10.1. The van der Waals surface area contributed by atoms with Crippen LogP contribution in [0.4, 0.5) is 0 Å². The lowest BCUT2D eigenvalue weighted by atomic mass is 10.3. The molecule has 2 nitrogen and oxygen atoms in total. The maximum absolute atomic E-state index is 5.28. The van der Waals surface area contributed by atoms with E-state index in [0.29, 0.717) is 0 Å². The smallest absolute Gasteiger partial charge is 0.128 e. The Balaban J connectivity index is 2.73. The number of fused-ring (bicyclic) bond motifs is 1. The average molecular weight is 224 g/mol. The number of aromatic amines is 1. The third-order valence-electron chi connectivity index (χ3n) is 2.19. The van der Waals surface area contributed by atoms with Crippen LogP contribution in [0.1, 0.15) is 24.5 Å². The molecule has 74 valence electrons. The minimum absolute atomic E-state index is 0.822. The van der Waals surface area contributed by atoms with E-state index in [9.17, 15) is 0 Å². The van der Waals surface area contributed by atoms with Crippen LogP contribution in [0.15, 0.2) is 6.07 Å². The van der Waals surface area contributed by atoms with Gasteiger partial charge in [0.1, 0.15) is 15.3 Å². The topological polar surface area (TPSA) is 28.7 Å². The number of aromatic nitrogens is 2. The molecule has 2 aromatic rings. The van der Waals surface area contributed by atoms with Gasteiger partial charge in [0.2, 0.25) is 0 Å². The molecule has 2 rings (SSSR count). The number of thiophene rings is 1. The van der Waals surface area contributed by atoms with Crippen molar-refractivity contribution in [3.8, 4) is 0 Å². The predicted octanol–water partition coefficient (Wildman–Crippen LogP) is 3.48. The Morgan fingerprint density at radius 1 is 1.43 bits per heavy atom. The van der Waals surface area contributed by atoms with E-state index in [1.165, 1.54) is 4.88 Å². The van der Waals surface area contributed by atoms with Crippen LogP contribution in [-0.4, -0.2) is 9.97 Å². The Kier molecular flexibility index (Phi) is 2.65. The minimum Gasteiger partial charge on any atom is -0.334 e. The summed E-state index contributed by atoms with van der Waals surface area (Å²) in [5.41, 5.74) is 0. The van der Waals surface area contributed by atoms with E-state index in [0.717, 1.165) is 33.5 Å². The van der Waals surface area contributed by atoms with Crippen LogP contribution >= 0.6 is 23.6 Å². The molecule has 0 saturated heterocycles. The minimum atomic E-state index is 0.822. The fourth-order valence-corrected chi connectivity index (χ4v) is 2.70. The number of hydrogen-bond donors (Lipinski definition) is 1. The summed E-state index contributed by atoms with van der Waals surface area (Å²) in [4.78, 5) is 10.1. The lowest BCUT2D eigenvalue weighted by molar-refractivity contribution is 0.958. The first-order valence-corrected chi connectivity index (χ1v) is 5.98. The van der Waals surface area contributed by atoms with Crippen molar-refractivity contribution in [2.75, 3.05) is 0 Å². The summed E-state index contributed by atoms with van der Waals surface area (Å²) >= 11 is 7.02. The molecule has 0 aromatic carbocycles. The molecule has 0 saturated carbocycles. The molecular formula is C10H12N2S2. The highest BCUT2D eigenvalue weighted by Gasteiger charge is 2.04. The number of aryl methyl sites for hydroxylation is 2. The molecule has 2 heterocycles. The molecule has 0 amide bonds. The van der Waals surface area contributed by atoms with E-state index in [2.05, 4.69) is 29.9 Å². The monoisotopic (exact) mass is 224 g/mol. The van der Waals surface area contributed by atoms with Crippen molar-refractivity contribution < 1.29 is 0 Å². The van der Waals surface area contributed by atoms with Gasteiger partial charge in [0.25, 0.3) is 0 Å². The SMILES string of the molecule is CCc1nc2sc(CC)cc2c(=S)[nH]1. The van der Waals surface area contributed by atoms with Crippen LogP contribution in [0.5, 0.6) is 0 Å². The van der Waals surface area contributed by atoms with E-state index in [1.54, 1.807) is 11.3 Å². The van der Waals surface area contributed by atoms with Gasteiger partial charge in [-0.05, 0) is 12.5 Å². The second-order valence-corrected chi connectivity index (χ2v) is 4.67. The van der Waals surface area contributed by atoms with Crippen molar-refractivity contribution in [2.45, 2.75) is 26.7 Å². The Morgan fingerprint density at radius 2 is 2.21 bits per heavy atom. The molecule has 0 aliphatic rings. The van der Waals surface area contributed by atoms with Gasteiger partial charge in [-0.2, -0.15) is 0 Å². The summed E-state index contributed by atoms with van der Waals surface area (Å²) in [7, 11) is 0. The molecule has 1 N–H and O–H groups in total. The Hall–Kier alpha value is -0.740. The number of rotatable bonds is 2. The standard InChI is InChI=1S/C10H12N2S2/c1-3-6-5-7-9(13)11-8(4-2)12-10(7)14-6/h5H,3-4H2,1-2H3,(H,11,12,13). The fourth-order valence-electron chi connectivity index (χ4n) is 1.37. The van der Waals surface area contributed by atoms with Gasteiger partial charge in [-0.1, -0.05) is 26.1 Å². The van der Waals surface area contributed by atoms with Crippen molar-refractivity contribution in [3.63, 3.8) is 0 Å². The molecule has 0 aliphatic heterocycles. The second-order valence-electron chi connectivity index (χ2n) is 3.15. The molecule has 0 atom stereocenters. The first kappa shape index (κ1) is 9.80. The van der Waals surface area contributed by atoms with Crippen LogP contribution in [0.25, 0.3) is 10.2 Å². The number of hydrogen-bond acceptors (Lipinski definition) is 3. The molecule has 0 fully saturated rings. The van der Waals surface area contributed by atoms with E-state index in [1.807, 2.05) is 0 Å².